The van der Waals surface area contributed by atoms with E-state index in [4.69, 9.17) is 5.11 Å². The molecule has 0 spiro atoms. The maximum atomic E-state index is 12.8. The molecule has 1 aromatic rings. The maximum absolute atomic E-state index is 12.8. The number of benzene rings is 1. The molecule has 3 nitrogen and oxygen atoms in total. The molecule has 1 aliphatic rings. The summed E-state index contributed by atoms with van der Waals surface area (Å²) in [4.78, 5) is 13.9. The Bertz CT molecular complexity index is 438. The highest BCUT2D eigenvalue weighted by Crippen LogP contribution is 2.21. The van der Waals surface area contributed by atoms with Crippen LogP contribution in [0.4, 0.5) is 4.39 Å². The van der Waals surface area contributed by atoms with Crippen LogP contribution in [-0.2, 0) is 10.5 Å². The van der Waals surface area contributed by atoms with E-state index in [1.54, 1.807) is 23.9 Å². The Hall–Kier alpha value is -1.07. The summed E-state index contributed by atoms with van der Waals surface area (Å²) in [7, 11) is 0. The molecule has 5 heteroatoms. The second-order valence-electron chi connectivity index (χ2n) is 5.13. The number of thioether (sulfide) groups is 1. The van der Waals surface area contributed by atoms with Gasteiger partial charge in [0.15, 0.2) is 0 Å². The van der Waals surface area contributed by atoms with E-state index in [2.05, 4.69) is 0 Å². The Labute approximate surface area is 123 Å². The van der Waals surface area contributed by atoms with Gasteiger partial charge in [0.1, 0.15) is 5.82 Å². The van der Waals surface area contributed by atoms with Crippen molar-refractivity contribution < 1.29 is 14.3 Å². The number of carbonyl (C=O) groups excluding carboxylic acids is 1. The Balaban J connectivity index is 1.69. The first-order valence-corrected chi connectivity index (χ1v) is 8.05. The van der Waals surface area contributed by atoms with Crippen molar-refractivity contribution in [1.29, 1.82) is 0 Å². The quantitative estimate of drug-likeness (QED) is 0.876. The lowest BCUT2D eigenvalue weighted by molar-refractivity contribution is -0.127. The molecule has 0 radical (unpaired) electrons. The molecular formula is C15H20FNO2S. The van der Waals surface area contributed by atoms with E-state index in [-0.39, 0.29) is 18.3 Å². The third-order valence-electron chi connectivity index (χ3n) is 3.58. The summed E-state index contributed by atoms with van der Waals surface area (Å²) in [6.45, 7) is 1.78. The number of aliphatic hydroxyl groups excluding tert-OH is 1. The van der Waals surface area contributed by atoms with Crippen molar-refractivity contribution in [3.63, 3.8) is 0 Å². The van der Waals surface area contributed by atoms with E-state index in [1.165, 1.54) is 12.1 Å². The Morgan fingerprint density at radius 1 is 1.40 bits per heavy atom. The molecule has 110 valence electrons. The van der Waals surface area contributed by atoms with E-state index in [0.29, 0.717) is 11.7 Å². The van der Waals surface area contributed by atoms with Gasteiger partial charge in [0.25, 0.3) is 0 Å². The smallest absolute Gasteiger partial charge is 0.232 e. The molecule has 1 atom stereocenters. The van der Waals surface area contributed by atoms with E-state index >= 15 is 0 Å². The minimum Gasteiger partial charge on any atom is -0.396 e. The van der Waals surface area contributed by atoms with Crippen LogP contribution in [0, 0.1) is 11.7 Å². The fourth-order valence-electron chi connectivity index (χ4n) is 2.41. The Morgan fingerprint density at radius 2 is 2.15 bits per heavy atom. The van der Waals surface area contributed by atoms with Gasteiger partial charge in [-0.3, -0.25) is 4.79 Å². The number of amides is 1. The van der Waals surface area contributed by atoms with Gasteiger partial charge in [0, 0.05) is 25.4 Å². The fraction of sp³-hybridized carbons (Fsp3) is 0.533. The van der Waals surface area contributed by atoms with Gasteiger partial charge in [-0.1, -0.05) is 12.1 Å². The van der Waals surface area contributed by atoms with Crippen LogP contribution in [0.15, 0.2) is 24.3 Å². The Morgan fingerprint density at radius 3 is 2.85 bits per heavy atom. The molecular weight excluding hydrogens is 277 g/mol. The van der Waals surface area contributed by atoms with Gasteiger partial charge in [0.2, 0.25) is 5.91 Å². The number of nitrogens with zero attached hydrogens (tertiary/aromatic N) is 1. The van der Waals surface area contributed by atoms with Gasteiger partial charge in [-0.2, -0.15) is 0 Å². The largest absolute Gasteiger partial charge is 0.396 e. The van der Waals surface area contributed by atoms with Crippen LogP contribution < -0.4 is 0 Å². The second-order valence-corrected chi connectivity index (χ2v) is 6.11. The molecule has 1 aromatic carbocycles. The summed E-state index contributed by atoms with van der Waals surface area (Å²) < 4.78 is 12.8. The lowest BCUT2D eigenvalue weighted by Gasteiger charge is -2.16. The lowest BCUT2D eigenvalue weighted by Crippen LogP contribution is -2.30. The second kappa shape index (κ2) is 7.64. The summed E-state index contributed by atoms with van der Waals surface area (Å²) in [6.07, 6.45) is 1.78. The van der Waals surface area contributed by atoms with Crippen LogP contribution in [0.2, 0.25) is 0 Å². The number of aliphatic hydroxyl groups is 1. The standard InChI is InChI=1S/C15H20FNO2S/c16-14-3-1-13(2-4-14)10-20-11-15(19)17-7-5-12(9-17)6-8-18/h1-4,12,18H,5-11H2. The minimum atomic E-state index is -0.234. The predicted octanol–water partition coefficient (Wildman–Crippen LogP) is 2.29. The highest BCUT2D eigenvalue weighted by Gasteiger charge is 2.25. The normalized spacial score (nSPS) is 18.5. The molecule has 1 saturated heterocycles. The first-order chi connectivity index (χ1) is 9.69. The molecule has 1 fully saturated rings. The van der Waals surface area contributed by atoms with Gasteiger partial charge in [0.05, 0.1) is 5.75 Å². The molecule has 1 amide bonds. The fourth-order valence-corrected chi connectivity index (χ4v) is 3.29. The van der Waals surface area contributed by atoms with Crippen molar-refractivity contribution in [3.05, 3.63) is 35.6 Å². The highest BCUT2D eigenvalue weighted by molar-refractivity contribution is 7.99. The average Bonchev–Trinajstić information content (AvgIpc) is 2.90. The van der Waals surface area contributed by atoms with Crippen LogP contribution in [0.5, 0.6) is 0 Å². The molecule has 20 heavy (non-hydrogen) atoms. The molecule has 2 rings (SSSR count). The SMILES string of the molecule is O=C(CSCc1ccc(F)cc1)N1CCC(CCO)C1. The Kier molecular flexibility index (Phi) is 5.86. The molecule has 0 aromatic heterocycles. The molecule has 0 saturated carbocycles. The van der Waals surface area contributed by atoms with E-state index in [0.717, 1.165) is 37.2 Å². The van der Waals surface area contributed by atoms with Gasteiger partial charge < -0.3 is 10.0 Å². The third kappa shape index (κ3) is 4.49. The van der Waals surface area contributed by atoms with Crippen LogP contribution in [-0.4, -0.2) is 41.4 Å². The van der Waals surface area contributed by atoms with Crippen molar-refractivity contribution in [1.82, 2.24) is 4.90 Å². The molecule has 0 bridgehead atoms. The summed E-state index contributed by atoms with van der Waals surface area (Å²) >= 11 is 1.56. The average molecular weight is 297 g/mol. The summed E-state index contributed by atoms with van der Waals surface area (Å²) in [5.41, 5.74) is 1.03. The minimum absolute atomic E-state index is 0.164. The van der Waals surface area contributed by atoms with E-state index < -0.39 is 0 Å². The van der Waals surface area contributed by atoms with Crippen LogP contribution in [0.1, 0.15) is 18.4 Å². The number of carbonyl (C=O) groups is 1. The number of halogens is 1. The molecule has 0 aliphatic carbocycles. The first kappa shape index (κ1) is 15.3. The van der Waals surface area contributed by atoms with Crippen molar-refractivity contribution >= 4 is 17.7 Å². The van der Waals surface area contributed by atoms with Crippen LogP contribution >= 0.6 is 11.8 Å². The number of rotatable bonds is 6. The van der Waals surface area contributed by atoms with E-state index in [1.807, 2.05) is 4.90 Å². The zero-order chi connectivity index (χ0) is 14.4. The van der Waals surface area contributed by atoms with Crippen molar-refractivity contribution in [3.8, 4) is 0 Å². The highest BCUT2D eigenvalue weighted by atomic mass is 32.2. The molecule has 1 heterocycles. The zero-order valence-electron chi connectivity index (χ0n) is 11.4. The molecule has 1 aliphatic heterocycles. The maximum Gasteiger partial charge on any atom is 0.232 e. The first-order valence-electron chi connectivity index (χ1n) is 6.90. The van der Waals surface area contributed by atoms with Crippen molar-refractivity contribution in [2.75, 3.05) is 25.4 Å². The van der Waals surface area contributed by atoms with Crippen molar-refractivity contribution in [2.45, 2.75) is 18.6 Å². The summed E-state index contributed by atoms with van der Waals surface area (Å²) in [5, 5.41) is 8.90. The van der Waals surface area contributed by atoms with Crippen LogP contribution in [0.3, 0.4) is 0 Å². The third-order valence-corrected chi connectivity index (χ3v) is 4.57. The zero-order valence-corrected chi connectivity index (χ0v) is 12.2. The lowest BCUT2D eigenvalue weighted by atomic mass is 10.1. The number of hydrogen-bond acceptors (Lipinski definition) is 3. The monoisotopic (exact) mass is 297 g/mol. The topological polar surface area (TPSA) is 40.5 Å². The van der Waals surface area contributed by atoms with Gasteiger partial charge in [-0.25, -0.2) is 4.39 Å². The van der Waals surface area contributed by atoms with Crippen LogP contribution in [0.25, 0.3) is 0 Å². The summed E-state index contributed by atoms with van der Waals surface area (Å²) in [6, 6.07) is 6.38. The van der Waals surface area contributed by atoms with E-state index in [9.17, 15) is 9.18 Å². The predicted molar refractivity (Wildman–Crippen MR) is 79.0 cm³/mol. The molecule has 1 N–H and O–H groups in total. The van der Waals surface area contributed by atoms with Gasteiger partial charge in [-0.05, 0) is 36.5 Å². The summed E-state index contributed by atoms with van der Waals surface area (Å²) in [5.74, 6) is 1.56. The van der Waals surface area contributed by atoms with Gasteiger partial charge >= 0.3 is 0 Å². The van der Waals surface area contributed by atoms with Gasteiger partial charge in [-0.15, -0.1) is 11.8 Å². The number of hydrogen-bond donors (Lipinski definition) is 1. The number of likely N-dealkylation sites (tertiary alicyclic amines) is 1. The van der Waals surface area contributed by atoms with Crippen molar-refractivity contribution in [2.24, 2.45) is 5.92 Å². The molecule has 1 unspecified atom stereocenters.